The second-order valence-electron chi connectivity index (χ2n) is 6.42. The number of hydrogen-bond acceptors (Lipinski definition) is 7. The van der Waals surface area contributed by atoms with Crippen LogP contribution in [0.1, 0.15) is 0 Å². The summed E-state index contributed by atoms with van der Waals surface area (Å²) in [5, 5.41) is 44.9. The number of aliphatic hydroxyl groups is 4. The monoisotopic (exact) mass is 356 g/mol. The maximum absolute atomic E-state index is 10.4. The van der Waals surface area contributed by atoms with Crippen LogP contribution in [-0.2, 0) is 4.74 Å². The molecule has 0 saturated carbocycles. The average molecular weight is 356 g/mol. The van der Waals surface area contributed by atoms with Crippen molar-refractivity contribution in [3.05, 3.63) is 48.5 Å². The van der Waals surface area contributed by atoms with Crippen molar-refractivity contribution in [3.63, 3.8) is 0 Å². The van der Waals surface area contributed by atoms with Crippen LogP contribution < -0.4 is 5.32 Å². The van der Waals surface area contributed by atoms with Gasteiger partial charge in [0.05, 0.1) is 23.3 Å². The lowest BCUT2D eigenvalue weighted by molar-refractivity contribution is -0.245. The van der Waals surface area contributed by atoms with Gasteiger partial charge in [-0.25, -0.2) is 4.98 Å². The third-order valence-corrected chi connectivity index (χ3v) is 4.80. The van der Waals surface area contributed by atoms with Gasteiger partial charge < -0.3 is 30.5 Å². The van der Waals surface area contributed by atoms with Crippen molar-refractivity contribution in [1.82, 2.24) is 4.98 Å². The first kappa shape index (κ1) is 17.1. The zero-order valence-corrected chi connectivity index (χ0v) is 13.9. The highest BCUT2D eigenvalue weighted by molar-refractivity contribution is 6.07. The molecule has 1 aromatic heterocycles. The van der Waals surface area contributed by atoms with Gasteiger partial charge in [0, 0.05) is 10.8 Å². The fourth-order valence-corrected chi connectivity index (χ4v) is 3.42. The first-order valence-electron chi connectivity index (χ1n) is 8.44. The van der Waals surface area contributed by atoms with Crippen molar-refractivity contribution in [2.75, 3.05) is 11.9 Å². The Kier molecular flexibility index (Phi) is 4.47. The molecule has 0 bridgehead atoms. The summed E-state index contributed by atoms with van der Waals surface area (Å²) in [7, 11) is 0. The Hall–Kier alpha value is -2.29. The summed E-state index contributed by atoms with van der Waals surface area (Å²) >= 11 is 0. The van der Waals surface area contributed by atoms with Crippen LogP contribution in [0, 0.1) is 0 Å². The second kappa shape index (κ2) is 6.79. The summed E-state index contributed by atoms with van der Waals surface area (Å²) < 4.78 is 5.24. The minimum Gasteiger partial charge on any atom is -0.394 e. The number of anilines is 1. The van der Waals surface area contributed by atoms with Gasteiger partial charge in [-0.2, -0.15) is 0 Å². The van der Waals surface area contributed by atoms with Crippen molar-refractivity contribution in [2.24, 2.45) is 0 Å². The Balaban J connectivity index is 1.81. The van der Waals surface area contributed by atoms with E-state index in [9.17, 15) is 20.4 Å². The molecule has 5 atom stereocenters. The lowest BCUT2D eigenvalue weighted by Gasteiger charge is -2.41. The number of aromatic nitrogens is 1. The third-order valence-electron chi connectivity index (χ3n) is 4.80. The summed E-state index contributed by atoms with van der Waals surface area (Å²) in [6, 6.07) is 14.1. The van der Waals surface area contributed by atoms with Crippen LogP contribution in [0.5, 0.6) is 0 Å². The molecule has 7 nitrogen and oxygen atoms in total. The van der Waals surface area contributed by atoms with Crippen LogP contribution in [0.4, 0.5) is 5.69 Å². The van der Waals surface area contributed by atoms with Crippen LogP contribution in [0.15, 0.2) is 48.5 Å². The molecule has 0 aliphatic carbocycles. The number of nitrogens with zero attached hydrogens (tertiary/aromatic N) is 1. The standard InChI is InChI=1S/C19H20N2O5/c22-9-14-17(23)18(24)16(19(25)26-14)21-15-10-5-1-3-7-12(10)20-13-8-4-2-6-11(13)15/h1-8,14,16-19,22-25H,9H2,(H,20,21)/t14-,16-,17-,18+,19+/m1/s1. The number of aliphatic hydroxyl groups excluding tert-OH is 4. The molecule has 0 spiro atoms. The van der Waals surface area contributed by atoms with Crippen molar-refractivity contribution in [3.8, 4) is 0 Å². The van der Waals surface area contributed by atoms with E-state index in [1.807, 2.05) is 48.5 Å². The van der Waals surface area contributed by atoms with E-state index in [1.165, 1.54) is 0 Å². The van der Waals surface area contributed by atoms with Gasteiger partial charge in [0.15, 0.2) is 6.29 Å². The molecule has 26 heavy (non-hydrogen) atoms. The fourth-order valence-electron chi connectivity index (χ4n) is 3.42. The molecule has 1 aliphatic heterocycles. The molecule has 1 saturated heterocycles. The van der Waals surface area contributed by atoms with Crippen LogP contribution >= 0.6 is 0 Å². The molecule has 1 fully saturated rings. The van der Waals surface area contributed by atoms with Crippen LogP contribution in [0.25, 0.3) is 21.8 Å². The van der Waals surface area contributed by atoms with E-state index in [2.05, 4.69) is 10.3 Å². The molecule has 4 rings (SSSR count). The highest BCUT2D eigenvalue weighted by Crippen LogP contribution is 2.33. The molecule has 0 radical (unpaired) electrons. The minimum atomic E-state index is -1.39. The van der Waals surface area contributed by atoms with E-state index in [1.54, 1.807) is 0 Å². The number of benzene rings is 2. The van der Waals surface area contributed by atoms with Crippen molar-refractivity contribution in [2.45, 2.75) is 30.6 Å². The SMILES string of the molecule is OC[C@H]1O[C@H](O)[C@H](Nc2c3ccccc3nc3ccccc23)[C@H](O)[C@@H]1O. The van der Waals surface area contributed by atoms with Crippen molar-refractivity contribution < 1.29 is 25.2 Å². The van der Waals surface area contributed by atoms with Crippen LogP contribution in [0.3, 0.4) is 0 Å². The molecule has 3 aromatic rings. The smallest absolute Gasteiger partial charge is 0.178 e. The predicted octanol–water partition coefficient (Wildman–Crippen LogP) is 0.600. The van der Waals surface area contributed by atoms with Crippen LogP contribution in [0.2, 0.25) is 0 Å². The van der Waals surface area contributed by atoms with E-state index < -0.39 is 37.3 Å². The van der Waals surface area contributed by atoms with E-state index >= 15 is 0 Å². The van der Waals surface area contributed by atoms with Crippen molar-refractivity contribution in [1.29, 1.82) is 0 Å². The van der Waals surface area contributed by atoms with Gasteiger partial charge in [-0.05, 0) is 12.1 Å². The number of hydrogen-bond donors (Lipinski definition) is 5. The Morgan fingerprint density at radius 3 is 2.04 bits per heavy atom. The van der Waals surface area contributed by atoms with E-state index in [0.717, 1.165) is 21.8 Å². The first-order valence-corrected chi connectivity index (χ1v) is 8.44. The van der Waals surface area contributed by atoms with Gasteiger partial charge in [-0.3, -0.25) is 0 Å². The quantitative estimate of drug-likeness (QED) is 0.437. The predicted molar refractivity (Wildman–Crippen MR) is 96.6 cm³/mol. The number of pyridine rings is 1. The number of fused-ring (bicyclic) bond motifs is 2. The average Bonchev–Trinajstić information content (AvgIpc) is 2.67. The number of para-hydroxylation sites is 2. The molecule has 2 aromatic carbocycles. The number of ether oxygens (including phenoxy) is 1. The molecule has 0 amide bonds. The molecular weight excluding hydrogens is 336 g/mol. The maximum Gasteiger partial charge on any atom is 0.178 e. The summed E-state index contributed by atoms with van der Waals surface area (Å²) in [6.07, 6.45) is -5.07. The van der Waals surface area contributed by atoms with E-state index in [0.29, 0.717) is 5.69 Å². The fraction of sp³-hybridized carbons (Fsp3) is 0.316. The van der Waals surface area contributed by atoms with Gasteiger partial charge in [0.1, 0.15) is 24.4 Å². The lowest BCUT2D eigenvalue weighted by atomic mass is 9.96. The highest BCUT2D eigenvalue weighted by Gasteiger charge is 2.43. The Morgan fingerprint density at radius 2 is 1.46 bits per heavy atom. The third kappa shape index (κ3) is 2.80. The molecule has 136 valence electrons. The minimum absolute atomic E-state index is 0.497. The molecular formula is C19H20N2O5. The molecule has 1 aliphatic rings. The summed E-state index contributed by atoms with van der Waals surface area (Å²) in [5.41, 5.74) is 2.22. The Bertz CT molecular complexity index is 880. The second-order valence-corrected chi connectivity index (χ2v) is 6.42. The van der Waals surface area contributed by atoms with Gasteiger partial charge in [-0.1, -0.05) is 36.4 Å². The van der Waals surface area contributed by atoms with Crippen molar-refractivity contribution >= 4 is 27.5 Å². The largest absolute Gasteiger partial charge is 0.394 e. The first-order chi connectivity index (χ1) is 12.6. The van der Waals surface area contributed by atoms with E-state index in [-0.39, 0.29) is 0 Å². The number of nitrogens with one attached hydrogen (secondary N) is 1. The highest BCUT2D eigenvalue weighted by atomic mass is 16.6. The molecule has 5 N–H and O–H groups in total. The van der Waals surface area contributed by atoms with Gasteiger partial charge >= 0.3 is 0 Å². The molecule has 0 unspecified atom stereocenters. The normalized spacial score (nSPS) is 29.2. The van der Waals surface area contributed by atoms with Gasteiger partial charge in [0.25, 0.3) is 0 Å². The van der Waals surface area contributed by atoms with Crippen LogP contribution in [-0.4, -0.2) is 62.7 Å². The molecule has 7 heteroatoms. The summed E-state index contributed by atoms with van der Waals surface area (Å²) in [4.78, 5) is 4.63. The van der Waals surface area contributed by atoms with Gasteiger partial charge in [-0.15, -0.1) is 0 Å². The lowest BCUT2D eigenvalue weighted by Crippen LogP contribution is -2.61. The van der Waals surface area contributed by atoms with E-state index in [4.69, 9.17) is 4.74 Å². The molecule has 2 heterocycles. The Morgan fingerprint density at radius 1 is 0.885 bits per heavy atom. The zero-order chi connectivity index (χ0) is 18.3. The van der Waals surface area contributed by atoms with Gasteiger partial charge in [0.2, 0.25) is 0 Å². The Labute approximate surface area is 149 Å². The number of rotatable bonds is 3. The maximum atomic E-state index is 10.4. The zero-order valence-electron chi connectivity index (χ0n) is 13.9. The summed E-state index contributed by atoms with van der Waals surface area (Å²) in [5.74, 6) is 0. The topological polar surface area (TPSA) is 115 Å². The summed E-state index contributed by atoms with van der Waals surface area (Å²) in [6.45, 7) is -0.497.